The van der Waals surface area contributed by atoms with Gasteiger partial charge in [-0.25, -0.2) is 9.97 Å². The van der Waals surface area contributed by atoms with Crippen molar-refractivity contribution in [3.8, 4) is 0 Å². The van der Waals surface area contributed by atoms with Crippen LogP contribution in [0.2, 0.25) is 5.15 Å². The van der Waals surface area contributed by atoms with Crippen LogP contribution < -0.4 is 5.32 Å². The maximum Gasteiger partial charge on any atom is 0.137 e. The first-order valence-corrected chi connectivity index (χ1v) is 6.72. The number of hydrogen-bond acceptors (Lipinski definition) is 6. The van der Waals surface area contributed by atoms with E-state index in [1.165, 1.54) is 0 Å². The van der Waals surface area contributed by atoms with Crippen molar-refractivity contribution in [2.24, 2.45) is 0 Å². The summed E-state index contributed by atoms with van der Waals surface area (Å²) in [5.41, 5.74) is -0.953. The number of aliphatic hydroxyl groups excluding tert-OH is 3. The molecule has 0 aliphatic heterocycles. The Hall–Kier alpha value is -0.950. The molecule has 0 fully saturated rings. The van der Waals surface area contributed by atoms with Crippen LogP contribution in [0.3, 0.4) is 0 Å². The van der Waals surface area contributed by atoms with Gasteiger partial charge in [0.2, 0.25) is 0 Å². The van der Waals surface area contributed by atoms with Gasteiger partial charge in [0.25, 0.3) is 0 Å². The minimum Gasteiger partial charge on any atom is -0.394 e. The third-order valence-electron chi connectivity index (χ3n) is 3.05. The highest BCUT2D eigenvalue weighted by Crippen LogP contribution is 2.27. The number of hydrogen-bond donors (Lipinski definition) is 4. The fraction of sp³-hybridized carbons (Fsp3) is 0.692. The van der Waals surface area contributed by atoms with Gasteiger partial charge in [-0.15, -0.1) is 0 Å². The van der Waals surface area contributed by atoms with E-state index in [1.54, 1.807) is 6.92 Å². The molecule has 0 saturated carbocycles. The highest BCUT2D eigenvalue weighted by atomic mass is 35.5. The van der Waals surface area contributed by atoms with E-state index in [0.717, 1.165) is 0 Å². The molecule has 1 rings (SSSR count). The van der Waals surface area contributed by atoms with Gasteiger partial charge in [0.15, 0.2) is 0 Å². The zero-order chi connectivity index (χ0) is 15.6. The molecule has 0 aromatic carbocycles. The zero-order valence-corrected chi connectivity index (χ0v) is 13.0. The lowest BCUT2D eigenvalue weighted by Gasteiger charge is -2.30. The number of rotatable bonds is 5. The largest absolute Gasteiger partial charge is 0.394 e. The van der Waals surface area contributed by atoms with Crippen LogP contribution in [0.4, 0.5) is 5.82 Å². The Bertz CT molecular complexity index is 462. The van der Waals surface area contributed by atoms with Gasteiger partial charge in [-0.2, -0.15) is 0 Å². The lowest BCUT2D eigenvalue weighted by molar-refractivity contribution is 0.0830. The molecule has 4 N–H and O–H groups in total. The van der Waals surface area contributed by atoms with E-state index in [-0.39, 0.29) is 5.41 Å². The Balaban J connectivity index is 3.27. The van der Waals surface area contributed by atoms with E-state index < -0.39 is 25.4 Å². The lowest BCUT2D eigenvalue weighted by atomic mass is 9.95. The first-order valence-electron chi connectivity index (χ1n) is 6.34. The molecule has 0 unspecified atom stereocenters. The quantitative estimate of drug-likeness (QED) is 0.602. The van der Waals surface area contributed by atoms with Gasteiger partial charge in [0.05, 0.1) is 19.8 Å². The molecule has 7 heteroatoms. The average molecular weight is 304 g/mol. The van der Waals surface area contributed by atoms with E-state index in [9.17, 15) is 15.3 Å². The molecule has 0 spiro atoms. The minimum atomic E-state index is -1.25. The molecule has 0 saturated heterocycles. The second-order valence-corrected chi connectivity index (χ2v) is 6.30. The molecule has 0 aliphatic carbocycles. The standard InChI is InChI=1S/C13H22ClN3O3/c1-8-9(14)15-11(12(2,3)4)16-10(8)17-13(5-18,6-19)7-20/h18-20H,5-7H2,1-4H3,(H,15,16,17). The van der Waals surface area contributed by atoms with E-state index in [2.05, 4.69) is 15.3 Å². The molecule has 0 radical (unpaired) electrons. The number of halogens is 1. The predicted molar refractivity (Wildman–Crippen MR) is 78.1 cm³/mol. The summed E-state index contributed by atoms with van der Waals surface area (Å²) in [7, 11) is 0. The molecule has 0 amide bonds. The molecule has 6 nitrogen and oxygen atoms in total. The van der Waals surface area contributed by atoms with Gasteiger partial charge in [-0.05, 0) is 6.92 Å². The third kappa shape index (κ3) is 3.58. The Kier molecular flexibility index (Phi) is 5.32. The molecule has 1 aromatic rings. The smallest absolute Gasteiger partial charge is 0.137 e. The van der Waals surface area contributed by atoms with Crippen molar-refractivity contribution < 1.29 is 15.3 Å². The topological polar surface area (TPSA) is 98.5 Å². The maximum absolute atomic E-state index is 9.37. The van der Waals surface area contributed by atoms with Crippen LogP contribution in [0.5, 0.6) is 0 Å². The van der Waals surface area contributed by atoms with Crippen LogP contribution in [0.15, 0.2) is 0 Å². The number of anilines is 1. The van der Waals surface area contributed by atoms with Crippen molar-refractivity contribution in [2.45, 2.75) is 38.6 Å². The first-order chi connectivity index (χ1) is 9.19. The predicted octanol–water partition coefficient (Wildman–Crippen LogP) is 0.864. The Morgan fingerprint density at radius 2 is 1.55 bits per heavy atom. The maximum atomic E-state index is 9.37. The summed E-state index contributed by atoms with van der Waals surface area (Å²) in [5, 5.41) is 31.3. The molecule has 0 bridgehead atoms. The molecular weight excluding hydrogens is 282 g/mol. The molecule has 1 aromatic heterocycles. The highest BCUT2D eigenvalue weighted by Gasteiger charge is 2.30. The monoisotopic (exact) mass is 303 g/mol. The Morgan fingerprint density at radius 1 is 1.05 bits per heavy atom. The SMILES string of the molecule is Cc1c(Cl)nc(C(C)(C)C)nc1NC(CO)(CO)CO. The normalized spacial score (nSPS) is 12.6. The Labute approximate surface area is 123 Å². The van der Waals surface area contributed by atoms with Crippen molar-refractivity contribution in [3.05, 3.63) is 16.5 Å². The zero-order valence-electron chi connectivity index (χ0n) is 12.2. The van der Waals surface area contributed by atoms with Gasteiger partial charge < -0.3 is 20.6 Å². The van der Waals surface area contributed by atoms with Gasteiger partial charge in [-0.3, -0.25) is 0 Å². The average Bonchev–Trinajstić information content (AvgIpc) is 2.39. The van der Waals surface area contributed by atoms with Gasteiger partial charge >= 0.3 is 0 Å². The number of aliphatic hydroxyl groups is 3. The van der Waals surface area contributed by atoms with Crippen molar-refractivity contribution in [1.82, 2.24) is 9.97 Å². The number of nitrogens with one attached hydrogen (secondary N) is 1. The summed E-state index contributed by atoms with van der Waals surface area (Å²) in [6, 6.07) is 0. The summed E-state index contributed by atoms with van der Waals surface area (Å²) in [6.07, 6.45) is 0. The van der Waals surface area contributed by atoms with E-state index in [0.29, 0.717) is 22.4 Å². The molecule has 20 heavy (non-hydrogen) atoms. The second kappa shape index (κ2) is 6.22. The van der Waals surface area contributed by atoms with Crippen LogP contribution in [0.1, 0.15) is 32.2 Å². The molecular formula is C13H22ClN3O3. The van der Waals surface area contributed by atoms with Crippen LogP contribution in [0.25, 0.3) is 0 Å². The van der Waals surface area contributed by atoms with E-state index in [4.69, 9.17) is 11.6 Å². The summed E-state index contributed by atoms with van der Waals surface area (Å²) in [6.45, 7) is 6.27. The lowest BCUT2D eigenvalue weighted by Crippen LogP contribution is -2.49. The Morgan fingerprint density at radius 3 is 1.95 bits per heavy atom. The summed E-state index contributed by atoms with van der Waals surface area (Å²) >= 11 is 6.10. The summed E-state index contributed by atoms with van der Waals surface area (Å²) in [4.78, 5) is 8.63. The van der Waals surface area contributed by atoms with Gasteiger partial charge in [-0.1, -0.05) is 32.4 Å². The van der Waals surface area contributed by atoms with Crippen LogP contribution in [-0.4, -0.2) is 50.6 Å². The van der Waals surface area contributed by atoms with E-state index >= 15 is 0 Å². The molecule has 1 heterocycles. The molecule has 0 atom stereocenters. The van der Waals surface area contributed by atoms with Gasteiger partial charge in [0.1, 0.15) is 22.3 Å². The molecule has 0 aliphatic rings. The number of nitrogens with zero attached hydrogens (tertiary/aromatic N) is 2. The fourth-order valence-electron chi connectivity index (χ4n) is 1.47. The van der Waals surface area contributed by atoms with Crippen molar-refractivity contribution in [2.75, 3.05) is 25.1 Å². The first kappa shape index (κ1) is 17.1. The fourth-order valence-corrected chi connectivity index (χ4v) is 1.64. The van der Waals surface area contributed by atoms with Crippen LogP contribution in [0, 0.1) is 6.92 Å². The van der Waals surface area contributed by atoms with Crippen molar-refractivity contribution in [3.63, 3.8) is 0 Å². The van der Waals surface area contributed by atoms with Crippen LogP contribution >= 0.6 is 11.6 Å². The van der Waals surface area contributed by atoms with Gasteiger partial charge in [0, 0.05) is 11.0 Å². The van der Waals surface area contributed by atoms with Crippen molar-refractivity contribution >= 4 is 17.4 Å². The highest BCUT2D eigenvalue weighted by molar-refractivity contribution is 6.30. The summed E-state index contributed by atoms with van der Waals surface area (Å²) < 4.78 is 0. The minimum absolute atomic E-state index is 0.298. The second-order valence-electron chi connectivity index (χ2n) is 5.94. The summed E-state index contributed by atoms with van der Waals surface area (Å²) in [5.74, 6) is 0.936. The molecule has 114 valence electrons. The number of aromatic nitrogens is 2. The van der Waals surface area contributed by atoms with Crippen LogP contribution in [-0.2, 0) is 5.41 Å². The van der Waals surface area contributed by atoms with Crippen molar-refractivity contribution in [1.29, 1.82) is 0 Å². The third-order valence-corrected chi connectivity index (χ3v) is 3.42. The van der Waals surface area contributed by atoms with E-state index in [1.807, 2.05) is 20.8 Å².